The Kier molecular flexibility index (Phi) is 34.0. The first kappa shape index (κ1) is 45.9. The average molecular weight is 679 g/mol. The topological polar surface area (TPSA) is 40.1 Å². The monoisotopic (exact) mass is 678 g/mol. The zero-order chi connectivity index (χ0) is 34.7. The molecule has 0 heterocycles. The van der Waals surface area contributed by atoms with Gasteiger partial charge in [0, 0.05) is 5.02 Å². The highest BCUT2D eigenvalue weighted by Gasteiger charge is 2.21. The Morgan fingerprint density at radius 1 is 0.468 bits per heavy atom. The van der Waals surface area contributed by atoms with Crippen LogP contribution >= 0.6 is 11.6 Å². The summed E-state index contributed by atoms with van der Waals surface area (Å²) < 4.78 is 1.39. The SMILES string of the molecule is CCCCCCCCCCCCCCCC[N+](CC)(CC)CCCCCCCCCCCCCCCC.O=C([O-])c1ccc(Cl)cc1. The lowest BCUT2D eigenvalue weighted by Gasteiger charge is -2.37. The number of unbranched alkanes of at least 4 members (excludes halogenated alkanes) is 26. The third-order valence-electron chi connectivity index (χ3n) is 10.4. The molecular weight excluding hydrogens is 598 g/mol. The summed E-state index contributed by atoms with van der Waals surface area (Å²) in [5.74, 6) is -1.18. The Morgan fingerprint density at radius 2 is 0.723 bits per heavy atom. The summed E-state index contributed by atoms with van der Waals surface area (Å²) in [7, 11) is 0. The van der Waals surface area contributed by atoms with Crippen molar-refractivity contribution in [2.75, 3.05) is 26.2 Å². The van der Waals surface area contributed by atoms with Gasteiger partial charge in [-0.15, -0.1) is 0 Å². The molecule has 47 heavy (non-hydrogen) atoms. The van der Waals surface area contributed by atoms with E-state index in [1.807, 2.05) is 0 Å². The van der Waals surface area contributed by atoms with Crippen LogP contribution in [-0.2, 0) is 0 Å². The van der Waals surface area contributed by atoms with E-state index in [1.165, 1.54) is 235 Å². The second-order valence-electron chi connectivity index (χ2n) is 14.4. The van der Waals surface area contributed by atoms with Gasteiger partial charge in [-0.3, -0.25) is 0 Å². The van der Waals surface area contributed by atoms with Crippen molar-refractivity contribution in [2.45, 2.75) is 207 Å². The fourth-order valence-corrected chi connectivity index (χ4v) is 6.96. The van der Waals surface area contributed by atoms with Crippen LogP contribution in [-0.4, -0.2) is 36.6 Å². The highest BCUT2D eigenvalue weighted by atomic mass is 35.5. The lowest BCUT2D eigenvalue weighted by Crippen LogP contribution is -2.49. The van der Waals surface area contributed by atoms with E-state index < -0.39 is 5.97 Å². The molecule has 0 saturated carbocycles. The molecule has 0 bridgehead atoms. The fourth-order valence-electron chi connectivity index (χ4n) is 6.84. The number of hydrogen-bond acceptors (Lipinski definition) is 2. The largest absolute Gasteiger partial charge is 0.545 e. The van der Waals surface area contributed by atoms with Crippen LogP contribution in [0.1, 0.15) is 218 Å². The Morgan fingerprint density at radius 3 is 0.957 bits per heavy atom. The minimum Gasteiger partial charge on any atom is -0.545 e. The molecule has 0 radical (unpaired) electrons. The van der Waals surface area contributed by atoms with E-state index >= 15 is 0 Å². The van der Waals surface area contributed by atoms with Crippen molar-refractivity contribution in [1.82, 2.24) is 0 Å². The first-order chi connectivity index (χ1) is 22.9. The molecule has 0 amide bonds. The van der Waals surface area contributed by atoms with Crippen LogP contribution in [0.2, 0.25) is 5.02 Å². The third kappa shape index (κ3) is 29.6. The molecular formula is C43H80ClNO2. The van der Waals surface area contributed by atoms with Gasteiger partial charge in [0.2, 0.25) is 0 Å². The maximum atomic E-state index is 10.2. The molecule has 0 N–H and O–H groups in total. The van der Waals surface area contributed by atoms with Crippen molar-refractivity contribution in [3.8, 4) is 0 Å². The van der Waals surface area contributed by atoms with Crippen LogP contribution in [0.5, 0.6) is 0 Å². The molecule has 0 aliphatic carbocycles. The van der Waals surface area contributed by atoms with Gasteiger partial charge in [0.05, 0.1) is 32.1 Å². The van der Waals surface area contributed by atoms with Gasteiger partial charge in [-0.1, -0.05) is 192 Å². The first-order valence-electron chi connectivity index (χ1n) is 20.8. The van der Waals surface area contributed by atoms with Crippen LogP contribution in [0.3, 0.4) is 0 Å². The first-order valence-corrected chi connectivity index (χ1v) is 21.1. The molecule has 1 rings (SSSR count). The maximum absolute atomic E-state index is 10.2. The highest BCUT2D eigenvalue weighted by molar-refractivity contribution is 6.30. The van der Waals surface area contributed by atoms with E-state index in [-0.39, 0.29) is 5.56 Å². The molecule has 0 unspecified atom stereocenters. The van der Waals surface area contributed by atoms with E-state index in [4.69, 9.17) is 11.6 Å². The van der Waals surface area contributed by atoms with Gasteiger partial charge >= 0.3 is 0 Å². The summed E-state index contributed by atoms with van der Waals surface area (Å²) in [5, 5.41) is 10.7. The molecule has 0 aliphatic rings. The minimum absolute atomic E-state index is 0.143. The molecule has 1 aromatic carbocycles. The number of rotatable bonds is 33. The number of carboxylic acid groups (broad SMARTS) is 1. The van der Waals surface area contributed by atoms with Crippen LogP contribution in [0.25, 0.3) is 0 Å². The number of halogens is 1. The zero-order valence-corrected chi connectivity index (χ0v) is 32.8. The Labute approximate surface area is 299 Å². The van der Waals surface area contributed by atoms with Crippen LogP contribution in [0, 0.1) is 0 Å². The Bertz CT molecular complexity index is 742. The predicted octanol–water partition coefficient (Wildman–Crippen LogP) is 13.5. The van der Waals surface area contributed by atoms with Gasteiger partial charge in [-0.05, 0) is 57.2 Å². The molecule has 0 fully saturated rings. The molecule has 1 aromatic rings. The maximum Gasteiger partial charge on any atom is 0.0786 e. The van der Waals surface area contributed by atoms with Gasteiger partial charge in [-0.2, -0.15) is 0 Å². The summed E-state index contributed by atoms with van der Waals surface area (Å²) in [4.78, 5) is 10.2. The summed E-state index contributed by atoms with van der Waals surface area (Å²) in [5.41, 5.74) is 0.143. The quantitative estimate of drug-likeness (QED) is 0.0548. The van der Waals surface area contributed by atoms with Gasteiger partial charge in [-0.25, -0.2) is 0 Å². The molecule has 0 spiro atoms. The van der Waals surface area contributed by atoms with E-state index in [2.05, 4.69) is 27.7 Å². The van der Waals surface area contributed by atoms with Gasteiger partial charge < -0.3 is 14.4 Å². The second kappa shape index (κ2) is 34.8. The zero-order valence-electron chi connectivity index (χ0n) is 32.1. The normalized spacial score (nSPS) is 11.4. The van der Waals surface area contributed by atoms with Gasteiger partial charge in [0.1, 0.15) is 0 Å². The number of quaternary nitrogens is 1. The van der Waals surface area contributed by atoms with E-state index in [0.717, 1.165) is 0 Å². The van der Waals surface area contributed by atoms with E-state index in [9.17, 15) is 9.90 Å². The number of hydrogen-bond donors (Lipinski definition) is 0. The molecule has 0 aromatic heterocycles. The molecule has 0 aliphatic heterocycles. The fraction of sp³-hybridized carbons (Fsp3) is 0.837. The molecule has 4 heteroatoms. The summed E-state index contributed by atoms with van der Waals surface area (Å²) in [6, 6.07) is 5.81. The lowest BCUT2D eigenvalue weighted by molar-refractivity contribution is -0.925. The highest BCUT2D eigenvalue weighted by Crippen LogP contribution is 2.18. The smallest absolute Gasteiger partial charge is 0.0786 e. The molecule has 0 saturated heterocycles. The summed E-state index contributed by atoms with van der Waals surface area (Å²) >= 11 is 5.50. The van der Waals surface area contributed by atoms with Gasteiger partial charge in [0.15, 0.2) is 0 Å². The minimum atomic E-state index is -1.18. The van der Waals surface area contributed by atoms with Crippen molar-refractivity contribution in [3.63, 3.8) is 0 Å². The number of carboxylic acids is 1. The Hall–Kier alpha value is -1.06. The van der Waals surface area contributed by atoms with Gasteiger partial charge in [0.25, 0.3) is 0 Å². The summed E-state index contributed by atoms with van der Waals surface area (Å²) in [6.45, 7) is 15.1. The average Bonchev–Trinajstić information content (AvgIpc) is 3.08. The van der Waals surface area contributed by atoms with E-state index in [1.54, 1.807) is 0 Å². The molecule has 3 nitrogen and oxygen atoms in total. The van der Waals surface area contributed by atoms with Crippen molar-refractivity contribution < 1.29 is 14.4 Å². The van der Waals surface area contributed by atoms with Crippen LogP contribution in [0.15, 0.2) is 24.3 Å². The van der Waals surface area contributed by atoms with Crippen LogP contribution in [0.4, 0.5) is 0 Å². The lowest BCUT2D eigenvalue weighted by atomic mass is 10.0. The number of carbonyl (C=O) groups is 1. The second-order valence-corrected chi connectivity index (χ2v) is 14.8. The third-order valence-corrected chi connectivity index (χ3v) is 10.6. The number of benzene rings is 1. The van der Waals surface area contributed by atoms with Crippen molar-refractivity contribution >= 4 is 17.6 Å². The molecule has 0 atom stereocenters. The van der Waals surface area contributed by atoms with Crippen molar-refractivity contribution in [1.29, 1.82) is 0 Å². The number of carbonyl (C=O) groups excluding carboxylic acids is 1. The van der Waals surface area contributed by atoms with Crippen LogP contribution < -0.4 is 5.11 Å². The number of aromatic carboxylic acids is 1. The number of nitrogens with zero attached hydrogens (tertiary/aromatic N) is 1. The standard InChI is InChI=1S/C36H76N.C7H5ClO2/c1-5-9-11-13-15-17-19-21-23-25-27-29-31-33-35-37(7-3,8-4)36-34-32-30-28-26-24-22-20-18-16-14-12-10-6-2;8-6-3-1-5(2-4-6)7(9)10/h5-36H2,1-4H3;1-4H,(H,9,10)/q+1;/p-1. The summed E-state index contributed by atoms with van der Waals surface area (Å²) in [6.07, 6.45) is 41.1. The van der Waals surface area contributed by atoms with Crippen molar-refractivity contribution in [3.05, 3.63) is 34.9 Å². The Balaban J connectivity index is 0.00000178. The predicted molar refractivity (Wildman–Crippen MR) is 207 cm³/mol. The molecule has 276 valence electrons. The van der Waals surface area contributed by atoms with E-state index in [0.29, 0.717) is 5.02 Å². The van der Waals surface area contributed by atoms with Crippen molar-refractivity contribution in [2.24, 2.45) is 0 Å².